The first-order valence-electron chi connectivity index (χ1n) is 10.6. The van der Waals surface area contributed by atoms with Gasteiger partial charge >= 0.3 is 0 Å². The third-order valence-electron chi connectivity index (χ3n) is 5.75. The standard InChI is InChI=1S/C27H30FN3O2/c1-19(2)27(4,18-30-20(3)29)15-9-7-6-8-11-22(23-12-10-16-31(5)26(23)33)24-17-21(28)13-14-25(24)32/h10,12-14,16-19,22,32H,3,11,15,29H2,1-2,4-5H3/b30-18-. The third-order valence-corrected chi connectivity index (χ3v) is 5.75. The lowest BCUT2D eigenvalue weighted by Gasteiger charge is -2.27. The van der Waals surface area contributed by atoms with Gasteiger partial charge in [0, 0.05) is 54.8 Å². The van der Waals surface area contributed by atoms with Crippen LogP contribution in [0.25, 0.3) is 0 Å². The highest BCUT2D eigenvalue weighted by Gasteiger charge is 2.25. The molecule has 0 radical (unpaired) electrons. The van der Waals surface area contributed by atoms with Crippen LogP contribution in [0.1, 0.15) is 50.7 Å². The number of aliphatic imine (C=N–C) groups is 1. The van der Waals surface area contributed by atoms with E-state index < -0.39 is 11.7 Å². The van der Waals surface area contributed by atoms with Gasteiger partial charge in [-0.25, -0.2) is 9.38 Å². The van der Waals surface area contributed by atoms with E-state index in [1.165, 1.54) is 22.8 Å². The highest BCUT2D eigenvalue weighted by molar-refractivity contribution is 5.67. The smallest absolute Gasteiger partial charge is 0.254 e. The maximum atomic E-state index is 13.9. The molecule has 3 N–H and O–H groups in total. The maximum absolute atomic E-state index is 13.9. The molecule has 172 valence electrons. The summed E-state index contributed by atoms with van der Waals surface area (Å²) in [6, 6.07) is 7.09. The van der Waals surface area contributed by atoms with Crippen LogP contribution in [0.3, 0.4) is 0 Å². The molecule has 2 aromatic rings. The molecule has 33 heavy (non-hydrogen) atoms. The van der Waals surface area contributed by atoms with Crippen molar-refractivity contribution in [1.29, 1.82) is 0 Å². The molecule has 1 heterocycles. The Morgan fingerprint density at radius 2 is 2.00 bits per heavy atom. The summed E-state index contributed by atoms with van der Waals surface area (Å²) in [7, 11) is 1.64. The average molecular weight is 448 g/mol. The van der Waals surface area contributed by atoms with Crippen molar-refractivity contribution >= 4 is 6.21 Å². The minimum Gasteiger partial charge on any atom is -0.508 e. The Labute approximate surface area is 194 Å². The van der Waals surface area contributed by atoms with Gasteiger partial charge in [0.2, 0.25) is 0 Å². The number of phenolic OH excluding ortho intramolecular Hbond substituents is 1. The van der Waals surface area contributed by atoms with Gasteiger partial charge in [0.05, 0.1) is 0 Å². The number of hydrogen-bond donors (Lipinski definition) is 2. The number of aromatic nitrogens is 1. The molecular weight excluding hydrogens is 417 g/mol. The van der Waals surface area contributed by atoms with Crippen molar-refractivity contribution in [3.05, 3.63) is 76.2 Å². The lowest BCUT2D eigenvalue weighted by Crippen LogP contribution is -2.25. The molecule has 0 amide bonds. The zero-order chi connectivity index (χ0) is 24.6. The summed E-state index contributed by atoms with van der Waals surface area (Å²) < 4.78 is 15.3. The Hall–Kier alpha value is -3.77. The van der Waals surface area contributed by atoms with Gasteiger partial charge in [-0.1, -0.05) is 45.3 Å². The SMILES string of the molecule is C=C(N)/N=C\C(C)(CC#CC#CCC(c1cc(F)ccc1O)c1cccn(C)c1=O)C(C)C. The van der Waals surface area contributed by atoms with Crippen molar-refractivity contribution in [3.8, 4) is 29.4 Å². The van der Waals surface area contributed by atoms with Gasteiger partial charge in [0.25, 0.3) is 5.56 Å². The van der Waals surface area contributed by atoms with Crippen LogP contribution in [-0.4, -0.2) is 15.9 Å². The van der Waals surface area contributed by atoms with Gasteiger partial charge in [-0.15, -0.1) is 0 Å². The highest BCUT2D eigenvalue weighted by atomic mass is 19.1. The summed E-state index contributed by atoms with van der Waals surface area (Å²) in [5, 5.41) is 10.3. The molecule has 0 saturated carbocycles. The molecule has 0 saturated heterocycles. The second-order valence-corrected chi connectivity index (χ2v) is 8.53. The molecule has 0 fully saturated rings. The Morgan fingerprint density at radius 1 is 1.30 bits per heavy atom. The second kappa shape index (κ2) is 11.2. The van der Waals surface area contributed by atoms with Crippen LogP contribution in [0, 0.1) is 40.8 Å². The monoisotopic (exact) mass is 447 g/mol. The summed E-state index contributed by atoms with van der Waals surface area (Å²) >= 11 is 0. The van der Waals surface area contributed by atoms with Crippen LogP contribution in [0.15, 0.2) is 58.7 Å². The lowest BCUT2D eigenvalue weighted by molar-refractivity contribution is 0.346. The Balaban J connectivity index is 2.31. The summed E-state index contributed by atoms with van der Waals surface area (Å²) in [6.45, 7) is 9.78. The number of aromatic hydroxyl groups is 1. The molecule has 0 aliphatic heterocycles. The predicted molar refractivity (Wildman–Crippen MR) is 131 cm³/mol. The predicted octanol–water partition coefficient (Wildman–Crippen LogP) is 4.31. The summed E-state index contributed by atoms with van der Waals surface area (Å²) in [6.07, 6.45) is 4.14. The molecule has 2 rings (SSSR count). The first-order valence-corrected chi connectivity index (χ1v) is 10.6. The van der Waals surface area contributed by atoms with Crippen LogP contribution >= 0.6 is 0 Å². The first kappa shape index (κ1) is 25.5. The topological polar surface area (TPSA) is 80.6 Å². The highest BCUT2D eigenvalue weighted by Crippen LogP contribution is 2.33. The number of halogens is 1. The minimum atomic E-state index is -0.599. The third kappa shape index (κ3) is 6.85. The fourth-order valence-electron chi connectivity index (χ4n) is 3.18. The van der Waals surface area contributed by atoms with E-state index in [4.69, 9.17) is 5.73 Å². The van der Waals surface area contributed by atoms with Gasteiger partial charge in [0.15, 0.2) is 0 Å². The van der Waals surface area contributed by atoms with Crippen LogP contribution < -0.4 is 11.3 Å². The molecule has 2 atom stereocenters. The van der Waals surface area contributed by atoms with E-state index in [9.17, 15) is 14.3 Å². The first-order chi connectivity index (χ1) is 15.5. The molecule has 0 aliphatic rings. The normalized spacial score (nSPS) is 13.5. The number of hydrogen-bond acceptors (Lipinski definition) is 4. The van der Waals surface area contributed by atoms with Crippen molar-refractivity contribution in [2.45, 2.75) is 39.5 Å². The molecule has 0 bridgehead atoms. The van der Waals surface area contributed by atoms with Gasteiger partial charge < -0.3 is 15.4 Å². The van der Waals surface area contributed by atoms with E-state index in [1.54, 1.807) is 31.6 Å². The van der Waals surface area contributed by atoms with Crippen LogP contribution in [-0.2, 0) is 7.05 Å². The van der Waals surface area contributed by atoms with E-state index in [1.807, 2.05) is 6.92 Å². The number of rotatable bonds is 7. The quantitative estimate of drug-likeness (QED) is 0.490. The van der Waals surface area contributed by atoms with E-state index >= 15 is 0 Å². The van der Waals surface area contributed by atoms with Crippen LogP contribution in [0.4, 0.5) is 4.39 Å². The fourth-order valence-corrected chi connectivity index (χ4v) is 3.18. The summed E-state index contributed by atoms with van der Waals surface area (Å²) in [5.41, 5.74) is 5.76. The van der Waals surface area contributed by atoms with Gasteiger partial charge in [-0.2, -0.15) is 0 Å². The summed E-state index contributed by atoms with van der Waals surface area (Å²) in [5.74, 6) is 11.0. The number of nitrogens with zero attached hydrogens (tertiary/aromatic N) is 2. The molecule has 0 aliphatic carbocycles. The van der Waals surface area contributed by atoms with Gasteiger partial charge in [0.1, 0.15) is 17.4 Å². The van der Waals surface area contributed by atoms with Gasteiger partial charge in [-0.3, -0.25) is 4.79 Å². The molecule has 6 heteroatoms. The second-order valence-electron chi connectivity index (χ2n) is 8.53. The van der Waals surface area contributed by atoms with Crippen molar-refractivity contribution in [1.82, 2.24) is 4.57 Å². The van der Waals surface area contributed by atoms with Crippen molar-refractivity contribution in [2.75, 3.05) is 0 Å². The zero-order valence-corrected chi connectivity index (χ0v) is 19.5. The fraction of sp³-hybridized carbons (Fsp3) is 0.333. The molecule has 1 aromatic carbocycles. The molecule has 2 unspecified atom stereocenters. The van der Waals surface area contributed by atoms with E-state index in [2.05, 4.69) is 49.1 Å². The average Bonchev–Trinajstić information content (AvgIpc) is 2.76. The molecular formula is C27H30FN3O2. The minimum absolute atomic E-state index is 0.0892. The van der Waals surface area contributed by atoms with Crippen molar-refractivity contribution in [3.63, 3.8) is 0 Å². The van der Waals surface area contributed by atoms with E-state index in [-0.39, 0.29) is 34.9 Å². The van der Waals surface area contributed by atoms with E-state index in [0.717, 1.165) is 0 Å². The van der Waals surface area contributed by atoms with Gasteiger partial charge in [-0.05, 0) is 42.0 Å². The zero-order valence-electron chi connectivity index (χ0n) is 19.5. The van der Waals surface area contributed by atoms with Crippen LogP contribution in [0.5, 0.6) is 5.75 Å². The summed E-state index contributed by atoms with van der Waals surface area (Å²) in [4.78, 5) is 16.8. The number of aryl methyl sites for hydroxylation is 1. The molecule has 1 aromatic heterocycles. The Bertz CT molecular complexity index is 1220. The largest absolute Gasteiger partial charge is 0.508 e. The molecule has 5 nitrogen and oxygen atoms in total. The number of nitrogens with two attached hydrogens (primary N) is 1. The maximum Gasteiger partial charge on any atom is 0.254 e. The number of benzene rings is 1. The van der Waals surface area contributed by atoms with E-state index in [0.29, 0.717) is 17.5 Å². The molecule has 0 spiro atoms. The number of phenols is 1. The lowest BCUT2D eigenvalue weighted by atomic mass is 9.77. The Kier molecular flexibility index (Phi) is 8.65. The van der Waals surface area contributed by atoms with Crippen molar-refractivity contribution < 1.29 is 9.50 Å². The number of pyridine rings is 1. The van der Waals surface area contributed by atoms with Crippen molar-refractivity contribution in [2.24, 2.45) is 29.1 Å². The Morgan fingerprint density at radius 3 is 2.67 bits per heavy atom. The van der Waals surface area contributed by atoms with Crippen LogP contribution in [0.2, 0.25) is 0 Å².